The molecule has 1 atom stereocenters. The summed E-state index contributed by atoms with van der Waals surface area (Å²) in [7, 11) is 0. The summed E-state index contributed by atoms with van der Waals surface area (Å²) in [6.07, 6.45) is 4.68. The molecular weight excluding hydrogens is 202 g/mol. The molecule has 1 rings (SSSR count). The number of aliphatic hydroxyl groups is 1. The summed E-state index contributed by atoms with van der Waals surface area (Å²) in [6.45, 7) is 8.25. The van der Waals surface area contributed by atoms with Crippen LogP contribution in [0.5, 0.6) is 0 Å². The van der Waals surface area contributed by atoms with Gasteiger partial charge in [0.15, 0.2) is 0 Å². The maximum Gasteiger partial charge on any atom is 0.0610 e. The Morgan fingerprint density at radius 3 is 2.62 bits per heavy atom. The van der Waals surface area contributed by atoms with Crippen molar-refractivity contribution < 1.29 is 9.84 Å². The van der Waals surface area contributed by atoms with Crippen LogP contribution in [0.4, 0.5) is 0 Å². The molecule has 96 valence electrons. The predicted molar refractivity (Wildman–Crippen MR) is 66.5 cm³/mol. The Bertz CT molecular complexity index is 192. The fourth-order valence-electron chi connectivity index (χ4n) is 1.99. The molecule has 0 amide bonds. The van der Waals surface area contributed by atoms with Crippen LogP contribution in [0.15, 0.2) is 0 Å². The monoisotopic (exact) mass is 229 g/mol. The van der Waals surface area contributed by atoms with E-state index in [1.807, 2.05) is 0 Å². The summed E-state index contributed by atoms with van der Waals surface area (Å²) < 4.78 is 5.59. The topological polar surface area (TPSA) is 41.5 Å². The van der Waals surface area contributed by atoms with E-state index in [2.05, 4.69) is 26.1 Å². The van der Waals surface area contributed by atoms with Gasteiger partial charge < -0.3 is 15.2 Å². The molecule has 0 radical (unpaired) electrons. The van der Waals surface area contributed by atoms with Gasteiger partial charge in [-0.2, -0.15) is 0 Å². The quantitative estimate of drug-likeness (QED) is 0.594. The van der Waals surface area contributed by atoms with Crippen LogP contribution in [0, 0.1) is 5.92 Å². The Labute approximate surface area is 99.6 Å². The lowest BCUT2D eigenvalue weighted by molar-refractivity contribution is 0.101. The first-order chi connectivity index (χ1) is 7.56. The van der Waals surface area contributed by atoms with Crippen LogP contribution in [-0.4, -0.2) is 36.5 Å². The lowest BCUT2D eigenvalue weighted by Crippen LogP contribution is -2.49. The summed E-state index contributed by atoms with van der Waals surface area (Å²) in [5.74, 6) is 0.845. The highest BCUT2D eigenvalue weighted by Gasteiger charge is 2.24. The molecular formula is C13H27NO2. The van der Waals surface area contributed by atoms with E-state index in [4.69, 9.17) is 4.74 Å². The zero-order valence-corrected chi connectivity index (χ0v) is 11.0. The maximum absolute atomic E-state index is 9.39. The average molecular weight is 229 g/mol. The van der Waals surface area contributed by atoms with Crippen LogP contribution in [-0.2, 0) is 4.74 Å². The van der Waals surface area contributed by atoms with E-state index in [0.717, 1.165) is 32.0 Å². The van der Waals surface area contributed by atoms with Gasteiger partial charge in [0, 0.05) is 24.8 Å². The van der Waals surface area contributed by atoms with Gasteiger partial charge in [0.25, 0.3) is 0 Å². The lowest BCUT2D eigenvalue weighted by Gasteiger charge is -2.31. The van der Waals surface area contributed by atoms with E-state index in [9.17, 15) is 5.11 Å². The van der Waals surface area contributed by atoms with Crippen molar-refractivity contribution >= 4 is 0 Å². The molecule has 1 saturated carbocycles. The zero-order chi connectivity index (χ0) is 12.0. The van der Waals surface area contributed by atoms with Crippen molar-refractivity contribution in [1.29, 1.82) is 0 Å². The smallest absolute Gasteiger partial charge is 0.0610 e. The number of aliphatic hydroxyl groups excluding tert-OH is 1. The van der Waals surface area contributed by atoms with E-state index in [-0.39, 0.29) is 12.1 Å². The molecule has 0 bridgehead atoms. The van der Waals surface area contributed by atoms with Crippen molar-refractivity contribution in [3.05, 3.63) is 0 Å². The molecule has 0 saturated heterocycles. The Kier molecular flexibility index (Phi) is 5.73. The highest BCUT2D eigenvalue weighted by atomic mass is 16.5. The van der Waals surface area contributed by atoms with E-state index >= 15 is 0 Å². The Morgan fingerprint density at radius 2 is 2.12 bits per heavy atom. The average Bonchev–Trinajstić information content (AvgIpc) is 3.00. The van der Waals surface area contributed by atoms with Crippen LogP contribution >= 0.6 is 0 Å². The second-order valence-corrected chi connectivity index (χ2v) is 5.64. The Morgan fingerprint density at radius 1 is 1.44 bits per heavy atom. The van der Waals surface area contributed by atoms with Crippen molar-refractivity contribution in [1.82, 2.24) is 5.32 Å². The predicted octanol–water partition coefficient (Wildman–Crippen LogP) is 1.94. The summed E-state index contributed by atoms with van der Waals surface area (Å²) in [5.41, 5.74) is -0.156. The molecule has 0 heterocycles. The molecule has 0 aromatic heterocycles. The van der Waals surface area contributed by atoms with Gasteiger partial charge in [-0.25, -0.2) is 0 Å². The maximum atomic E-state index is 9.39. The van der Waals surface area contributed by atoms with Gasteiger partial charge in [0.2, 0.25) is 0 Å². The lowest BCUT2D eigenvalue weighted by atomic mass is 9.96. The molecule has 0 spiro atoms. The molecule has 0 aromatic rings. The summed E-state index contributed by atoms with van der Waals surface area (Å²) >= 11 is 0. The van der Waals surface area contributed by atoms with Gasteiger partial charge in [-0.1, -0.05) is 13.8 Å². The normalized spacial score (nSPS) is 20.1. The van der Waals surface area contributed by atoms with Gasteiger partial charge in [-0.15, -0.1) is 0 Å². The first-order valence-corrected chi connectivity index (χ1v) is 6.52. The second kappa shape index (κ2) is 6.58. The van der Waals surface area contributed by atoms with Crippen LogP contribution in [0.1, 0.15) is 46.5 Å². The number of hydrogen-bond acceptors (Lipinski definition) is 3. The molecule has 1 unspecified atom stereocenters. The highest BCUT2D eigenvalue weighted by molar-refractivity contribution is 4.83. The van der Waals surface area contributed by atoms with Crippen LogP contribution < -0.4 is 5.32 Å². The standard InChI is InChI=1S/C13H27NO2/c1-11(2)14-13(3,10-15)7-4-8-16-9-12-5-6-12/h11-12,14-15H,4-10H2,1-3H3. The minimum Gasteiger partial charge on any atom is -0.394 e. The minimum atomic E-state index is -0.156. The van der Waals surface area contributed by atoms with Crippen LogP contribution in [0.2, 0.25) is 0 Å². The molecule has 0 aliphatic heterocycles. The fourth-order valence-corrected chi connectivity index (χ4v) is 1.99. The number of hydrogen-bond donors (Lipinski definition) is 2. The van der Waals surface area contributed by atoms with Crippen molar-refractivity contribution in [3.8, 4) is 0 Å². The summed E-state index contributed by atoms with van der Waals surface area (Å²) in [4.78, 5) is 0. The number of ether oxygens (including phenoxy) is 1. The van der Waals surface area contributed by atoms with E-state index < -0.39 is 0 Å². The van der Waals surface area contributed by atoms with Gasteiger partial charge in [0.1, 0.15) is 0 Å². The fraction of sp³-hybridized carbons (Fsp3) is 1.00. The van der Waals surface area contributed by atoms with E-state index in [0.29, 0.717) is 6.04 Å². The largest absolute Gasteiger partial charge is 0.394 e. The molecule has 16 heavy (non-hydrogen) atoms. The molecule has 3 heteroatoms. The van der Waals surface area contributed by atoms with Gasteiger partial charge in [0.05, 0.1) is 6.61 Å². The molecule has 1 fully saturated rings. The molecule has 3 nitrogen and oxygen atoms in total. The SMILES string of the molecule is CC(C)NC(C)(CO)CCCOCC1CC1. The third-order valence-corrected chi connectivity index (χ3v) is 3.05. The Hall–Kier alpha value is -0.120. The number of nitrogens with one attached hydrogen (secondary N) is 1. The first kappa shape index (κ1) is 13.9. The summed E-state index contributed by atoms with van der Waals surface area (Å²) in [5, 5.41) is 12.8. The first-order valence-electron chi connectivity index (χ1n) is 6.52. The summed E-state index contributed by atoms with van der Waals surface area (Å²) in [6, 6.07) is 0.407. The minimum absolute atomic E-state index is 0.156. The molecule has 1 aliphatic rings. The van der Waals surface area contributed by atoms with Crippen molar-refractivity contribution in [2.45, 2.75) is 58.0 Å². The third kappa shape index (κ3) is 5.83. The van der Waals surface area contributed by atoms with E-state index in [1.54, 1.807) is 0 Å². The van der Waals surface area contributed by atoms with Crippen LogP contribution in [0.25, 0.3) is 0 Å². The Balaban J connectivity index is 2.06. The molecule has 2 N–H and O–H groups in total. The zero-order valence-electron chi connectivity index (χ0n) is 11.0. The van der Waals surface area contributed by atoms with Crippen molar-refractivity contribution in [2.75, 3.05) is 19.8 Å². The van der Waals surface area contributed by atoms with Crippen molar-refractivity contribution in [2.24, 2.45) is 5.92 Å². The highest BCUT2D eigenvalue weighted by Crippen LogP contribution is 2.28. The van der Waals surface area contributed by atoms with Gasteiger partial charge in [-0.3, -0.25) is 0 Å². The molecule has 1 aliphatic carbocycles. The number of rotatable bonds is 9. The second-order valence-electron chi connectivity index (χ2n) is 5.64. The van der Waals surface area contributed by atoms with Gasteiger partial charge >= 0.3 is 0 Å². The van der Waals surface area contributed by atoms with E-state index in [1.165, 1.54) is 12.8 Å². The third-order valence-electron chi connectivity index (χ3n) is 3.05. The van der Waals surface area contributed by atoms with Crippen LogP contribution in [0.3, 0.4) is 0 Å². The van der Waals surface area contributed by atoms with Crippen molar-refractivity contribution in [3.63, 3.8) is 0 Å². The molecule has 0 aromatic carbocycles. The van der Waals surface area contributed by atoms with Gasteiger partial charge in [-0.05, 0) is 38.5 Å².